The lowest BCUT2D eigenvalue weighted by Crippen LogP contribution is -2.02. The van der Waals surface area contributed by atoms with Crippen LogP contribution in [0.4, 0.5) is 14.5 Å². The van der Waals surface area contributed by atoms with E-state index in [1.807, 2.05) is 0 Å². The van der Waals surface area contributed by atoms with Gasteiger partial charge in [0.2, 0.25) is 0 Å². The van der Waals surface area contributed by atoms with Crippen molar-refractivity contribution in [3.63, 3.8) is 0 Å². The number of alkyl halides is 2. The van der Waals surface area contributed by atoms with E-state index in [1.165, 1.54) is 54.9 Å². The van der Waals surface area contributed by atoms with Gasteiger partial charge in [-0.25, -0.2) is 9.97 Å². The number of ether oxygens (including phenoxy) is 1. The van der Waals surface area contributed by atoms with Gasteiger partial charge in [-0.15, -0.1) is 0 Å². The van der Waals surface area contributed by atoms with Gasteiger partial charge in [-0.1, -0.05) is 12.1 Å². The van der Waals surface area contributed by atoms with E-state index in [1.54, 1.807) is 18.2 Å². The highest BCUT2D eigenvalue weighted by atomic mass is 32.2. The number of ketones is 1. The van der Waals surface area contributed by atoms with Crippen LogP contribution in [0, 0.1) is 10.1 Å². The summed E-state index contributed by atoms with van der Waals surface area (Å²) in [6.07, 6.45) is 5.76. The second kappa shape index (κ2) is 9.70. The van der Waals surface area contributed by atoms with Crippen molar-refractivity contribution in [1.29, 1.82) is 0 Å². The van der Waals surface area contributed by atoms with Crippen LogP contribution in [0.5, 0.6) is 5.75 Å². The quantitative estimate of drug-likeness (QED) is 0.163. The zero-order valence-corrected chi connectivity index (χ0v) is 16.0. The van der Waals surface area contributed by atoms with E-state index in [0.29, 0.717) is 15.6 Å². The number of halogens is 2. The van der Waals surface area contributed by atoms with Gasteiger partial charge in [-0.2, -0.15) is 8.78 Å². The summed E-state index contributed by atoms with van der Waals surface area (Å²) in [5.74, 6) is -0.450. The lowest BCUT2D eigenvalue weighted by Gasteiger charge is -2.04. The van der Waals surface area contributed by atoms with Crippen molar-refractivity contribution in [3.05, 3.63) is 88.2 Å². The third-order valence-corrected chi connectivity index (χ3v) is 4.67. The lowest BCUT2D eigenvalue weighted by atomic mass is 10.1. The number of allylic oxidation sites excluding steroid dienone is 1. The summed E-state index contributed by atoms with van der Waals surface area (Å²) in [7, 11) is 0. The van der Waals surface area contributed by atoms with E-state index in [9.17, 15) is 23.7 Å². The molecule has 0 saturated carbocycles. The van der Waals surface area contributed by atoms with Crippen LogP contribution >= 0.6 is 11.8 Å². The molecule has 0 aliphatic carbocycles. The van der Waals surface area contributed by atoms with Crippen LogP contribution in [-0.4, -0.2) is 27.3 Å². The van der Waals surface area contributed by atoms with Crippen LogP contribution in [0.2, 0.25) is 0 Å². The molecule has 0 unspecified atom stereocenters. The van der Waals surface area contributed by atoms with Crippen molar-refractivity contribution in [3.8, 4) is 5.75 Å². The Bertz CT molecular complexity index is 1080. The first kappa shape index (κ1) is 21.1. The Balaban J connectivity index is 1.75. The lowest BCUT2D eigenvalue weighted by molar-refractivity contribution is -0.387. The standard InChI is InChI=1S/C20H13F2N3O4S/c21-19(22)29-15-6-4-14(5-7-15)17(26)8-2-13-3-9-18(16(12-13)25(27)28)30-20-23-10-1-11-24-20/h1-12,19H/b8-2+. The van der Waals surface area contributed by atoms with Crippen LogP contribution in [0.15, 0.2) is 77.1 Å². The molecule has 0 fully saturated rings. The molecule has 3 aromatic rings. The van der Waals surface area contributed by atoms with Crippen molar-refractivity contribution < 1.29 is 23.2 Å². The number of nitrogens with zero attached hydrogens (tertiary/aromatic N) is 3. The van der Waals surface area contributed by atoms with Crippen molar-refractivity contribution >= 4 is 29.3 Å². The molecule has 1 aromatic heterocycles. The molecule has 10 heteroatoms. The predicted molar refractivity (Wildman–Crippen MR) is 106 cm³/mol. The SMILES string of the molecule is O=C(/C=C/c1ccc(Sc2ncccn2)c([N+](=O)[O-])c1)c1ccc(OC(F)F)cc1. The Labute approximate surface area is 173 Å². The Morgan fingerprint density at radius 1 is 1.13 bits per heavy atom. The topological polar surface area (TPSA) is 95.2 Å². The third kappa shape index (κ3) is 5.67. The summed E-state index contributed by atoms with van der Waals surface area (Å²) in [6.45, 7) is -2.95. The number of carbonyl (C=O) groups excluding carboxylic acids is 1. The molecule has 0 aliphatic rings. The molecule has 0 saturated heterocycles. The van der Waals surface area contributed by atoms with Gasteiger partial charge in [0.1, 0.15) is 5.75 Å². The second-order valence-electron chi connectivity index (χ2n) is 5.72. The van der Waals surface area contributed by atoms with Gasteiger partial charge in [0, 0.05) is 24.0 Å². The zero-order chi connectivity index (χ0) is 21.5. The molecule has 0 N–H and O–H groups in total. The highest BCUT2D eigenvalue weighted by Crippen LogP contribution is 2.33. The van der Waals surface area contributed by atoms with E-state index in [2.05, 4.69) is 14.7 Å². The minimum Gasteiger partial charge on any atom is -0.435 e. The fourth-order valence-corrected chi connectivity index (χ4v) is 3.17. The first-order valence-corrected chi connectivity index (χ1v) is 9.24. The van der Waals surface area contributed by atoms with E-state index >= 15 is 0 Å². The zero-order valence-electron chi connectivity index (χ0n) is 15.1. The maximum Gasteiger partial charge on any atom is 0.387 e. The van der Waals surface area contributed by atoms with E-state index in [-0.39, 0.29) is 17.0 Å². The second-order valence-corrected chi connectivity index (χ2v) is 6.73. The third-order valence-electron chi connectivity index (χ3n) is 3.71. The molecular weight excluding hydrogens is 416 g/mol. The minimum absolute atomic E-state index is 0.0587. The van der Waals surface area contributed by atoms with Crippen molar-refractivity contribution in [2.45, 2.75) is 16.7 Å². The normalized spacial score (nSPS) is 11.0. The van der Waals surface area contributed by atoms with Gasteiger partial charge in [-0.3, -0.25) is 14.9 Å². The van der Waals surface area contributed by atoms with E-state index in [4.69, 9.17) is 0 Å². The van der Waals surface area contributed by atoms with Gasteiger partial charge >= 0.3 is 6.61 Å². The maximum atomic E-state index is 12.2. The van der Waals surface area contributed by atoms with Crippen LogP contribution in [-0.2, 0) is 0 Å². The summed E-state index contributed by atoms with van der Waals surface area (Å²) in [5, 5.41) is 11.8. The molecule has 0 aliphatic heterocycles. The average molecular weight is 429 g/mol. The molecule has 7 nitrogen and oxygen atoms in total. The number of hydrogen-bond donors (Lipinski definition) is 0. The van der Waals surface area contributed by atoms with Gasteiger partial charge in [0.25, 0.3) is 5.69 Å². The molecule has 0 bridgehead atoms. The molecule has 152 valence electrons. The monoisotopic (exact) mass is 429 g/mol. The largest absolute Gasteiger partial charge is 0.435 e. The summed E-state index contributed by atoms with van der Waals surface area (Å²) < 4.78 is 28.6. The fourth-order valence-electron chi connectivity index (χ4n) is 2.37. The van der Waals surface area contributed by atoms with E-state index < -0.39 is 17.3 Å². The summed E-state index contributed by atoms with van der Waals surface area (Å²) in [6, 6.07) is 11.4. The molecule has 1 heterocycles. The minimum atomic E-state index is -2.95. The number of carbonyl (C=O) groups is 1. The highest BCUT2D eigenvalue weighted by Gasteiger charge is 2.16. The van der Waals surface area contributed by atoms with Gasteiger partial charge in [-0.05, 0) is 59.8 Å². The van der Waals surface area contributed by atoms with Gasteiger partial charge < -0.3 is 4.74 Å². The van der Waals surface area contributed by atoms with Crippen LogP contribution in [0.25, 0.3) is 6.08 Å². The molecular formula is C20H13F2N3O4S. The molecule has 0 amide bonds. The molecule has 0 atom stereocenters. The number of benzene rings is 2. The molecule has 30 heavy (non-hydrogen) atoms. The van der Waals surface area contributed by atoms with Gasteiger partial charge in [0.05, 0.1) is 9.82 Å². The molecule has 3 rings (SSSR count). The molecule has 0 radical (unpaired) electrons. The number of aromatic nitrogens is 2. The summed E-state index contributed by atoms with van der Waals surface area (Å²) >= 11 is 1.06. The molecule has 0 spiro atoms. The van der Waals surface area contributed by atoms with Crippen LogP contribution < -0.4 is 4.74 Å². The van der Waals surface area contributed by atoms with Crippen molar-refractivity contribution in [2.24, 2.45) is 0 Å². The summed E-state index contributed by atoms with van der Waals surface area (Å²) in [4.78, 5) is 31.6. The number of rotatable bonds is 8. The Morgan fingerprint density at radius 3 is 2.47 bits per heavy atom. The fraction of sp³-hybridized carbons (Fsp3) is 0.0500. The van der Waals surface area contributed by atoms with Crippen LogP contribution in [0.1, 0.15) is 15.9 Å². The first-order chi connectivity index (χ1) is 14.4. The number of nitro groups is 1. The number of hydrogen-bond acceptors (Lipinski definition) is 7. The van der Waals surface area contributed by atoms with Crippen molar-refractivity contribution in [1.82, 2.24) is 9.97 Å². The van der Waals surface area contributed by atoms with Crippen molar-refractivity contribution in [2.75, 3.05) is 0 Å². The van der Waals surface area contributed by atoms with E-state index in [0.717, 1.165) is 11.8 Å². The number of nitro benzene ring substituents is 1. The smallest absolute Gasteiger partial charge is 0.387 e. The average Bonchev–Trinajstić information content (AvgIpc) is 2.73. The molecule has 2 aromatic carbocycles. The Morgan fingerprint density at radius 2 is 1.83 bits per heavy atom. The maximum absolute atomic E-state index is 12.2. The van der Waals surface area contributed by atoms with Crippen LogP contribution in [0.3, 0.4) is 0 Å². The highest BCUT2D eigenvalue weighted by molar-refractivity contribution is 7.99. The summed E-state index contributed by atoms with van der Waals surface area (Å²) in [5.41, 5.74) is 0.567. The van der Waals surface area contributed by atoms with Gasteiger partial charge in [0.15, 0.2) is 10.9 Å². The Hall–Kier alpha value is -3.66. The predicted octanol–water partition coefficient (Wildman–Crippen LogP) is 5.03. The first-order valence-electron chi connectivity index (χ1n) is 8.43. The Kier molecular flexibility index (Phi) is 6.81.